The minimum Gasteiger partial charge on any atom is -0.256 e. The number of pyridine rings is 1. The smallest absolute Gasteiger partial charge is 0.256 e. The largest absolute Gasteiger partial charge is 0.257 e. The first-order valence-electron chi connectivity index (χ1n) is 4.51. The monoisotopic (exact) mass is 216 g/mol. The molecule has 1 heterocycles. The van der Waals surface area contributed by atoms with Gasteiger partial charge in [0.05, 0.1) is 12.3 Å². The molecule has 0 atom stereocenters. The Morgan fingerprint density at radius 3 is 2.56 bits per heavy atom. The molecule has 2 nitrogen and oxygen atoms in total. The molecule has 1 aromatic heterocycles. The van der Waals surface area contributed by atoms with E-state index in [1.807, 2.05) is 0 Å². The molecule has 1 aromatic carbocycles. The fourth-order valence-corrected chi connectivity index (χ4v) is 1.36. The Balaban J connectivity index is 2.65. The van der Waals surface area contributed by atoms with Gasteiger partial charge in [0.1, 0.15) is 11.6 Å². The minimum absolute atomic E-state index is 0.132. The van der Waals surface area contributed by atoms with E-state index < -0.39 is 17.3 Å². The van der Waals surface area contributed by atoms with Gasteiger partial charge in [-0.3, -0.25) is 4.98 Å². The summed E-state index contributed by atoms with van der Waals surface area (Å²) < 4.78 is 26.8. The molecule has 0 saturated heterocycles. The third-order valence-electron chi connectivity index (χ3n) is 2.12. The van der Waals surface area contributed by atoms with Gasteiger partial charge in [-0.2, -0.15) is 0 Å². The molecule has 2 aromatic rings. The highest BCUT2D eigenvalue weighted by molar-refractivity contribution is 5.67. The number of rotatable bonds is 1. The maximum absolute atomic E-state index is 13.7. The van der Waals surface area contributed by atoms with E-state index in [2.05, 4.69) is 9.83 Å². The summed E-state index contributed by atoms with van der Waals surface area (Å²) in [6.45, 7) is 6.71. The second-order valence-corrected chi connectivity index (χ2v) is 3.08. The lowest BCUT2D eigenvalue weighted by atomic mass is 10.1. The van der Waals surface area contributed by atoms with Crippen molar-refractivity contribution in [1.82, 2.24) is 4.98 Å². The highest BCUT2D eigenvalue weighted by atomic mass is 19.1. The van der Waals surface area contributed by atoms with E-state index in [0.29, 0.717) is 5.69 Å². The van der Waals surface area contributed by atoms with Crippen LogP contribution in [-0.4, -0.2) is 4.98 Å². The zero-order chi connectivity index (χ0) is 11.5. The average molecular weight is 216 g/mol. The van der Waals surface area contributed by atoms with Crippen molar-refractivity contribution in [2.45, 2.75) is 0 Å². The molecule has 0 fully saturated rings. The Morgan fingerprint density at radius 2 is 1.94 bits per heavy atom. The summed E-state index contributed by atoms with van der Waals surface area (Å²) in [7, 11) is 0. The van der Waals surface area contributed by atoms with Crippen LogP contribution in [0.4, 0.5) is 14.5 Å². The van der Waals surface area contributed by atoms with Gasteiger partial charge in [0.2, 0.25) is 0 Å². The third-order valence-corrected chi connectivity index (χ3v) is 2.12. The van der Waals surface area contributed by atoms with E-state index in [4.69, 9.17) is 6.57 Å². The van der Waals surface area contributed by atoms with Gasteiger partial charge in [0.25, 0.3) is 5.69 Å². The molecule has 78 valence electrons. The fraction of sp³-hybridized carbons (Fsp3) is 0. The Kier molecular flexibility index (Phi) is 2.61. The highest BCUT2D eigenvalue weighted by Crippen LogP contribution is 2.30. The van der Waals surface area contributed by atoms with Crippen LogP contribution in [0.3, 0.4) is 0 Å². The van der Waals surface area contributed by atoms with Gasteiger partial charge in [0.15, 0.2) is 0 Å². The normalized spacial score (nSPS) is 9.81. The number of aromatic nitrogens is 1. The Labute approximate surface area is 91.0 Å². The molecule has 0 amide bonds. The predicted octanol–water partition coefficient (Wildman–Crippen LogP) is 3.58. The first kappa shape index (κ1) is 10.2. The summed E-state index contributed by atoms with van der Waals surface area (Å²) in [6, 6.07) is 7.34. The first-order chi connectivity index (χ1) is 7.74. The third kappa shape index (κ3) is 1.63. The standard InChI is InChI=1S/C12H6F2N2/c1-15-12-9(13)6-5-8(11(12)14)10-4-2-3-7-16-10/h2-7H. The van der Waals surface area contributed by atoms with Crippen molar-refractivity contribution in [1.29, 1.82) is 0 Å². The molecule has 0 radical (unpaired) electrons. The second-order valence-electron chi connectivity index (χ2n) is 3.08. The molecule has 0 aliphatic heterocycles. The van der Waals surface area contributed by atoms with E-state index >= 15 is 0 Å². The lowest BCUT2D eigenvalue weighted by Crippen LogP contribution is -1.89. The highest BCUT2D eigenvalue weighted by Gasteiger charge is 2.15. The molecule has 16 heavy (non-hydrogen) atoms. The topological polar surface area (TPSA) is 17.2 Å². The van der Waals surface area contributed by atoms with Crippen LogP contribution < -0.4 is 0 Å². The Morgan fingerprint density at radius 1 is 1.12 bits per heavy atom. The van der Waals surface area contributed by atoms with Crippen molar-refractivity contribution < 1.29 is 8.78 Å². The van der Waals surface area contributed by atoms with E-state index in [-0.39, 0.29) is 5.56 Å². The molecule has 0 aliphatic rings. The van der Waals surface area contributed by atoms with Gasteiger partial charge in [0, 0.05) is 11.8 Å². The van der Waals surface area contributed by atoms with Gasteiger partial charge in [-0.05, 0) is 24.3 Å². The van der Waals surface area contributed by atoms with Crippen LogP contribution in [0.5, 0.6) is 0 Å². The van der Waals surface area contributed by atoms with Gasteiger partial charge >= 0.3 is 0 Å². The number of benzene rings is 1. The number of nitrogens with zero attached hydrogens (tertiary/aromatic N) is 2. The maximum atomic E-state index is 13.7. The zero-order valence-corrected chi connectivity index (χ0v) is 8.11. The summed E-state index contributed by atoms with van der Waals surface area (Å²) in [5.74, 6) is -1.72. The Hall–Kier alpha value is -2.28. The van der Waals surface area contributed by atoms with Crippen LogP contribution in [-0.2, 0) is 0 Å². The van der Waals surface area contributed by atoms with E-state index in [1.165, 1.54) is 12.3 Å². The molecule has 0 spiro atoms. The number of halogens is 2. The Bertz CT molecular complexity index is 559. The molecule has 0 aliphatic carbocycles. The SMILES string of the molecule is [C-]#[N+]c1c(F)ccc(-c2ccccn2)c1F. The number of hydrogen-bond donors (Lipinski definition) is 0. The molecule has 2 rings (SSSR count). The average Bonchev–Trinajstić information content (AvgIpc) is 2.31. The van der Waals surface area contributed by atoms with Gasteiger partial charge < -0.3 is 0 Å². The van der Waals surface area contributed by atoms with Crippen molar-refractivity contribution in [3.8, 4) is 11.3 Å². The molecule has 0 N–H and O–H groups in total. The fourth-order valence-electron chi connectivity index (χ4n) is 1.36. The lowest BCUT2D eigenvalue weighted by molar-refractivity contribution is 0.595. The van der Waals surface area contributed by atoms with E-state index in [0.717, 1.165) is 6.07 Å². The van der Waals surface area contributed by atoms with Crippen LogP contribution in [0.2, 0.25) is 0 Å². The minimum atomic E-state index is -0.867. The molecule has 4 heteroatoms. The maximum Gasteiger partial charge on any atom is 0.257 e. The molecule has 0 unspecified atom stereocenters. The summed E-state index contributed by atoms with van der Waals surface area (Å²) in [6.07, 6.45) is 1.51. The lowest BCUT2D eigenvalue weighted by Gasteiger charge is -2.04. The molecular formula is C12H6F2N2. The molecule has 0 saturated carbocycles. The summed E-state index contributed by atoms with van der Waals surface area (Å²) in [5, 5.41) is 0. The second kappa shape index (κ2) is 4.07. The zero-order valence-electron chi connectivity index (χ0n) is 8.11. The van der Waals surface area contributed by atoms with Crippen LogP contribution in [0.15, 0.2) is 36.5 Å². The van der Waals surface area contributed by atoms with Crippen molar-refractivity contribution >= 4 is 5.69 Å². The van der Waals surface area contributed by atoms with Crippen LogP contribution in [0.1, 0.15) is 0 Å². The summed E-state index contributed by atoms with van der Waals surface area (Å²) in [4.78, 5) is 6.78. The van der Waals surface area contributed by atoms with Gasteiger partial charge in [-0.1, -0.05) is 6.07 Å². The van der Waals surface area contributed by atoms with E-state index in [1.54, 1.807) is 18.2 Å². The van der Waals surface area contributed by atoms with Crippen molar-refractivity contribution in [3.05, 3.63) is 59.6 Å². The van der Waals surface area contributed by atoms with E-state index in [9.17, 15) is 8.78 Å². The van der Waals surface area contributed by atoms with Gasteiger partial charge in [-0.15, -0.1) is 0 Å². The number of hydrogen-bond acceptors (Lipinski definition) is 1. The predicted molar refractivity (Wildman–Crippen MR) is 55.9 cm³/mol. The van der Waals surface area contributed by atoms with Crippen LogP contribution in [0, 0.1) is 18.2 Å². The van der Waals surface area contributed by atoms with Crippen molar-refractivity contribution in [3.63, 3.8) is 0 Å². The first-order valence-corrected chi connectivity index (χ1v) is 4.51. The van der Waals surface area contributed by atoms with Crippen LogP contribution in [0.25, 0.3) is 16.1 Å². The molecule has 0 bridgehead atoms. The quantitative estimate of drug-likeness (QED) is 0.666. The van der Waals surface area contributed by atoms with Gasteiger partial charge in [-0.25, -0.2) is 13.6 Å². The van der Waals surface area contributed by atoms with Crippen molar-refractivity contribution in [2.24, 2.45) is 0 Å². The summed E-state index contributed by atoms with van der Waals surface area (Å²) >= 11 is 0. The molecular weight excluding hydrogens is 210 g/mol. The van der Waals surface area contributed by atoms with Crippen LogP contribution >= 0.6 is 0 Å². The van der Waals surface area contributed by atoms with Crippen molar-refractivity contribution in [2.75, 3.05) is 0 Å². The summed E-state index contributed by atoms with van der Waals surface area (Å²) in [5.41, 5.74) is -0.0824.